The molecule has 0 aliphatic carbocycles. The molecule has 0 radical (unpaired) electrons. The molecule has 1 N–H and O–H groups in total. The van der Waals surface area contributed by atoms with E-state index in [4.69, 9.17) is 0 Å². The quantitative estimate of drug-likeness (QED) is 0.501. The maximum absolute atomic E-state index is 12.7. The molecule has 0 spiro atoms. The van der Waals surface area contributed by atoms with E-state index in [0.717, 1.165) is 20.8 Å². The Morgan fingerprint density at radius 2 is 1.96 bits per heavy atom. The van der Waals surface area contributed by atoms with Crippen molar-refractivity contribution in [3.05, 3.63) is 55.7 Å². The van der Waals surface area contributed by atoms with E-state index in [1.165, 1.54) is 38.8 Å². The Kier molecular flexibility index (Phi) is 5.95. The number of aromatic nitrogens is 2. The summed E-state index contributed by atoms with van der Waals surface area (Å²) < 4.78 is 1.53. The van der Waals surface area contributed by atoms with Crippen molar-refractivity contribution >= 4 is 39.2 Å². The van der Waals surface area contributed by atoms with Crippen molar-refractivity contribution in [3.63, 3.8) is 0 Å². The van der Waals surface area contributed by atoms with Gasteiger partial charge in [-0.25, -0.2) is 4.98 Å². The third-order valence-corrected chi connectivity index (χ3v) is 7.24. The van der Waals surface area contributed by atoms with Gasteiger partial charge in [0.05, 0.1) is 17.2 Å². The molecular weight excluding hydrogens is 390 g/mol. The summed E-state index contributed by atoms with van der Waals surface area (Å²) in [6.45, 7) is 10.1. The second-order valence-corrected chi connectivity index (χ2v) is 9.29. The minimum Gasteiger partial charge on any atom is -0.349 e. The van der Waals surface area contributed by atoms with E-state index >= 15 is 0 Å². The molecule has 1 unspecified atom stereocenters. The van der Waals surface area contributed by atoms with Crippen LogP contribution in [-0.2, 0) is 11.8 Å². The molecule has 1 amide bonds. The van der Waals surface area contributed by atoms with E-state index in [1.54, 1.807) is 7.05 Å². The number of rotatable bonds is 5. The monoisotopic (exact) mass is 415 g/mol. The molecule has 1 atom stereocenters. The Labute approximate surface area is 173 Å². The van der Waals surface area contributed by atoms with Crippen molar-refractivity contribution in [2.45, 2.75) is 45.8 Å². The summed E-state index contributed by atoms with van der Waals surface area (Å²) in [6.07, 6.45) is 0. The van der Waals surface area contributed by atoms with Gasteiger partial charge in [-0.15, -0.1) is 11.3 Å². The molecule has 0 saturated heterocycles. The summed E-state index contributed by atoms with van der Waals surface area (Å²) in [4.78, 5) is 31.5. The average molecular weight is 416 g/mol. The van der Waals surface area contributed by atoms with Crippen LogP contribution in [0.15, 0.2) is 28.2 Å². The predicted molar refractivity (Wildman–Crippen MR) is 118 cm³/mol. The highest BCUT2D eigenvalue weighted by atomic mass is 32.2. The third-order valence-electron chi connectivity index (χ3n) is 5.11. The Hall–Kier alpha value is -2.12. The van der Waals surface area contributed by atoms with Crippen LogP contribution in [0.25, 0.3) is 10.2 Å². The van der Waals surface area contributed by atoms with Gasteiger partial charge in [-0.1, -0.05) is 30.0 Å². The normalized spacial score (nSPS) is 12.4. The topological polar surface area (TPSA) is 64.0 Å². The van der Waals surface area contributed by atoms with Gasteiger partial charge in [0.1, 0.15) is 4.83 Å². The van der Waals surface area contributed by atoms with Crippen LogP contribution < -0.4 is 10.9 Å². The molecule has 0 bridgehead atoms. The minimum absolute atomic E-state index is 0.0572. The summed E-state index contributed by atoms with van der Waals surface area (Å²) in [5, 5.41) is 4.27. The molecule has 2 heterocycles. The first-order valence-corrected chi connectivity index (χ1v) is 10.9. The van der Waals surface area contributed by atoms with Gasteiger partial charge >= 0.3 is 0 Å². The number of carbonyl (C=O) groups is 1. The molecular formula is C21H25N3O2S2. The molecule has 3 aromatic rings. The summed E-state index contributed by atoms with van der Waals surface area (Å²) in [7, 11) is 1.71. The molecule has 2 aromatic heterocycles. The SMILES string of the molecule is Cc1ccc(C(C)NC(=O)CSc2nc3sc(C)c(C)c3c(=O)n2C)cc1C. The molecule has 0 aliphatic heterocycles. The maximum atomic E-state index is 12.7. The van der Waals surface area contributed by atoms with Crippen LogP contribution in [0.5, 0.6) is 0 Å². The lowest BCUT2D eigenvalue weighted by molar-refractivity contribution is -0.119. The predicted octanol–water partition coefficient (Wildman–Crippen LogP) is 4.20. The highest BCUT2D eigenvalue weighted by molar-refractivity contribution is 7.99. The summed E-state index contributed by atoms with van der Waals surface area (Å²) in [5.74, 6) is 0.133. The number of carbonyl (C=O) groups excluding carboxylic acids is 1. The Balaban J connectivity index is 1.71. The van der Waals surface area contributed by atoms with Crippen molar-refractivity contribution in [3.8, 4) is 0 Å². The Bertz CT molecular complexity index is 1120. The van der Waals surface area contributed by atoms with E-state index in [-0.39, 0.29) is 23.3 Å². The average Bonchev–Trinajstić information content (AvgIpc) is 2.93. The van der Waals surface area contributed by atoms with E-state index in [9.17, 15) is 9.59 Å². The van der Waals surface area contributed by atoms with E-state index < -0.39 is 0 Å². The number of hydrogen-bond donors (Lipinski definition) is 1. The lowest BCUT2D eigenvalue weighted by Crippen LogP contribution is -2.29. The fourth-order valence-electron chi connectivity index (χ4n) is 3.02. The van der Waals surface area contributed by atoms with Gasteiger partial charge in [-0.05, 0) is 56.9 Å². The third kappa shape index (κ3) is 4.00. The number of aryl methyl sites for hydroxylation is 4. The molecule has 0 aliphatic rings. The Morgan fingerprint density at radius 1 is 1.25 bits per heavy atom. The van der Waals surface area contributed by atoms with Crippen molar-refractivity contribution in [1.82, 2.24) is 14.9 Å². The van der Waals surface area contributed by atoms with E-state index in [2.05, 4.69) is 36.3 Å². The number of hydrogen-bond acceptors (Lipinski definition) is 5. The molecule has 1 aromatic carbocycles. The van der Waals surface area contributed by atoms with Crippen molar-refractivity contribution in [2.24, 2.45) is 7.05 Å². The van der Waals surface area contributed by atoms with Crippen LogP contribution in [-0.4, -0.2) is 21.2 Å². The van der Waals surface area contributed by atoms with Gasteiger partial charge in [-0.3, -0.25) is 14.2 Å². The zero-order chi connectivity index (χ0) is 20.6. The standard InChI is InChI=1S/C21H25N3O2S2/c1-11-7-8-16(9-12(11)2)14(4)22-17(25)10-27-21-23-19-18(20(26)24(21)6)13(3)15(5)28-19/h7-9,14H,10H2,1-6H3,(H,22,25). The van der Waals surface area contributed by atoms with Crippen molar-refractivity contribution in [1.29, 1.82) is 0 Å². The fraction of sp³-hybridized carbons (Fsp3) is 0.381. The van der Waals surface area contributed by atoms with Gasteiger partial charge in [-0.2, -0.15) is 0 Å². The number of fused-ring (bicyclic) bond motifs is 1. The van der Waals surface area contributed by atoms with Gasteiger partial charge in [0.15, 0.2) is 5.16 Å². The molecule has 148 valence electrons. The smallest absolute Gasteiger partial charge is 0.262 e. The fourth-order valence-corrected chi connectivity index (χ4v) is 4.87. The molecule has 0 saturated carbocycles. The summed E-state index contributed by atoms with van der Waals surface area (Å²) in [6, 6.07) is 6.14. The van der Waals surface area contributed by atoms with Crippen LogP contribution >= 0.6 is 23.1 Å². The first-order valence-electron chi connectivity index (χ1n) is 9.15. The van der Waals surface area contributed by atoms with Crippen LogP contribution in [0.4, 0.5) is 0 Å². The molecule has 5 nitrogen and oxygen atoms in total. The Morgan fingerprint density at radius 3 is 2.64 bits per heavy atom. The zero-order valence-corrected chi connectivity index (χ0v) is 18.7. The van der Waals surface area contributed by atoms with E-state index in [0.29, 0.717) is 10.5 Å². The van der Waals surface area contributed by atoms with Gasteiger partial charge < -0.3 is 5.32 Å². The minimum atomic E-state index is -0.0800. The number of thiophene rings is 1. The van der Waals surface area contributed by atoms with E-state index in [1.807, 2.05) is 26.8 Å². The largest absolute Gasteiger partial charge is 0.349 e. The van der Waals surface area contributed by atoms with Gasteiger partial charge in [0, 0.05) is 11.9 Å². The van der Waals surface area contributed by atoms with Gasteiger partial charge in [0.25, 0.3) is 5.56 Å². The van der Waals surface area contributed by atoms with Crippen molar-refractivity contribution < 1.29 is 4.79 Å². The lowest BCUT2D eigenvalue weighted by atomic mass is 10.0. The molecule has 0 fully saturated rings. The maximum Gasteiger partial charge on any atom is 0.262 e. The number of benzene rings is 1. The number of amides is 1. The molecule has 28 heavy (non-hydrogen) atoms. The van der Waals surface area contributed by atoms with Crippen molar-refractivity contribution in [2.75, 3.05) is 5.75 Å². The molecule has 7 heteroatoms. The van der Waals surface area contributed by atoms with Crippen LogP contribution in [0.3, 0.4) is 0 Å². The second kappa shape index (κ2) is 8.09. The van der Waals surface area contributed by atoms with Crippen LogP contribution in [0, 0.1) is 27.7 Å². The van der Waals surface area contributed by atoms with Gasteiger partial charge in [0.2, 0.25) is 5.91 Å². The number of thioether (sulfide) groups is 1. The first-order chi connectivity index (χ1) is 13.2. The second-order valence-electron chi connectivity index (χ2n) is 7.14. The summed E-state index contributed by atoms with van der Waals surface area (Å²) >= 11 is 2.81. The zero-order valence-electron chi connectivity index (χ0n) is 17.0. The first kappa shape index (κ1) is 20.6. The highest BCUT2D eigenvalue weighted by Gasteiger charge is 2.16. The van der Waals surface area contributed by atoms with Crippen LogP contribution in [0.2, 0.25) is 0 Å². The van der Waals surface area contributed by atoms with Crippen LogP contribution in [0.1, 0.15) is 40.1 Å². The molecule has 3 rings (SSSR count). The highest BCUT2D eigenvalue weighted by Crippen LogP contribution is 2.28. The number of nitrogens with one attached hydrogen (secondary N) is 1. The lowest BCUT2D eigenvalue weighted by Gasteiger charge is -2.16. The number of nitrogens with zero attached hydrogens (tertiary/aromatic N) is 2. The summed E-state index contributed by atoms with van der Waals surface area (Å²) in [5.41, 5.74) is 4.46.